The van der Waals surface area contributed by atoms with Crippen molar-refractivity contribution in [1.29, 1.82) is 0 Å². The summed E-state index contributed by atoms with van der Waals surface area (Å²) < 4.78 is 18.6. The lowest BCUT2D eigenvalue weighted by molar-refractivity contribution is -0.885. The van der Waals surface area contributed by atoms with E-state index >= 15 is 0 Å². The lowest BCUT2D eigenvalue weighted by Crippen LogP contribution is -3.08. The van der Waals surface area contributed by atoms with E-state index in [2.05, 4.69) is 5.32 Å². The van der Waals surface area contributed by atoms with E-state index in [4.69, 9.17) is 16.3 Å². The fourth-order valence-electron chi connectivity index (χ4n) is 2.40. The number of benzene rings is 2. The SMILES string of the molecule is COc1ccc(C[NH+](C)CC(=O)NCc2ccccc2Cl)cc1F. The molecule has 0 heterocycles. The van der Waals surface area contributed by atoms with Gasteiger partial charge in [0.05, 0.1) is 14.2 Å². The summed E-state index contributed by atoms with van der Waals surface area (Å²) in [4.78, 5) is 13.0. The van der Waals surface area contributed by atoms with Gasteiger partial charge >= 0.3 is 0 Å². The molecule has 0 aliphatic rings. The van der Waals surface area contributed by atoms with E-state index in [0.717, 1.165) is 16.0 Å². The molecule has 1 amide bonds. The average molecular weight is 352 g/mol. The maximum absolute atomic E-state index is 13.7. The minimum atomic E-state index is -0.397. The van der Waals surface area contributed by atoms with Gasteiger partial charge in [-0.3, -0.25) is 4.79 Å². The van der Waals surface area contributed by atoms with Crippen molar-refractivity contribution >= 4 is 17.5 Å². The number of hydrogen-bond donors (Lipinski definition) is 2. The Morgan fingerprint density at radius 2 is 2.04 bits per heavy atom. The first-order chi connectivity index (χ1) is 11.5. The second kappa shape index (κ2) is 8.66. The van der Waals surface area contributed by atoms with Gasteiger partial charge in [-0.15, -0.1) is 0 Å². The molecule has 0 bridgehead atoms. The summed E-state index contributed by atoms with van der Waals surface area (Å²) in [6, 6.07) is 12.2. The lowest BCUT2D eigenvalue weighted by atomic mass is 10.2. The second-order valence-corrected chi connectivity index (χ2v) is 6.05. The Bertz CT molecular complexity index is 709. The van der Waals surface area contributed by atoms with Crippen molar-refractivity contribution in [2.75, 3.05) is 20.7 Å². The van der Waals surface area contributed by atoms with Crippen LogP contribution in [0, 0.1) is 5.82 Å². The zero-order valence-corrected chi connectivity index (χ0v) is 14.5. The molecule has 2 rings (SSSR count). The van der Waals surface area contributed by atoms with Crippen molar-refractivity contribution in [3.63, 3.8) is 0 Å². The highest BCUT2D eigenvalue weighted by Crippen LogP contribution is 2.17. The third kappa shape index (κ3) is 5.22. The van der Waals surface area contributed by atoms with Crippen LogP contribution < -0.4 is 15.0 Å². The zero-order chi connectivity index (χ0) is 17.5. The zero-order valence-electron chi connectivity index (χ0n) is 13.7. The molecule has 0 aromatic heterocycles. The number of amides is 1. The molecule has 0 fully saturated rings. The highest BCUT2D eigenvalue weighted by atomic mass is 35.5. The van der Waals surface area contributed by atoms with Gasteiger partial charge in [0.15, 0.2) is 18.1 Å². The van der Waals surface area contributed by atoms with Gasteiger partial charge < -0.3 is 15.0 Å². The van der Waals surface area contributed by atoms with Crippen LogP contribution in [-0.2, 0) is 17.9 Å². The molecule has 0 aliphatic heterocycles. The summed E-state index contributed by atoms with van der Waals surface area (Å²) >= 11 is 6.06. The van der Waals surface area contributed by atoms with Crippen LogP contribution in [0.2, 0.25) is 5.02 Å². The monoisotopic (exact) mass is 351 g/mol. The van der Waals surface area contributed by atoms with Crippen LogP contribution in [0.3, 0.4) is 0 Å². The Kier molecular flexibility index (Phi) is 6.58. The van der Waals surface area contributed by atoms with Gasteiger partial charge in [0, 0.05) is 17.1 Å². The number of likely N-dealkylation sites (N-methyl/N-ethyl adjacent to an activating group) is 1. The smallest absolute Gasteiger partial charge is 0.275 e. The molecule has 0 aliphatic carbocycles. The standard InChI is InChI=1S/C18H20ClFN2O2/c1-22(11-13-7-8-17(24-2)16(20)9-13)12-18(23)21-10-14-5-3-4-6-15(14)19/h3-9H,10-12H2,1-2H3,(H,21,23)/p+1. The topological polar surface area (TPSA) is 42.8 Å². The maximum atomic E-state index is 13.7. The predicted molar refractivity (Wildman–Crippen MR) is 91.7 cm³/mol. The van der Waals surface area contributed by atoms with E-state index in [0.29, 0.717) is 18.1 Å². The summed E-state index contributed by atoms with van der Waals surface area (Å²) in [5.74, 6) is -0.263. The molecule has 128 valence electrons. The Morgan fingerprint density at radius 3 is 2.71 bits per heavy atom. The molecular formula is C18H21ClFN2O2+. The Labute approximate surface area is 146 Å². The number of rotatable bonds is 7. The van der Waals surface area contributed by atoms with E-state index in [1.807, 2.05) is 25.2 Å². The molecule has 24 heavy (non-hydrogen) atoms. The fraction of sp³-hybridized carbons (Fsp3) is 0.278. The van der Waals surface area contributed by atoms with Gasteiger partial charge in [-0.05, 0) is 29.8 Å². The Hall–Kier alpha value is -2.11. The van der Waals surface area contributed by atoms with Crippen LogP contribution in [-0.4, -0.2) is 26.6 Å². The summed E-state index contributed by atoms with van der Waals surface area (Å²) in [6.45, 7) is 1.22. The summed E-state index contributed by atoms with van der Waals surface area (Å²) in [6.07, 6.45) is 0. The number of methoxy groups -OCH3 is 1. The summed E-state index contributed by atoms with van der Waals surface area (Å²) in [7, 11) is 3.32. The molecule has 0 radical (unpaired) electrons. The molecule has 0 spiro atoms. The van der Waals surface area contributed by atoms with Crippen molar-refractivity contribution in [3.8, 4) is 5.75 Å². The normalized spacial score (nSPS) is 11.8. The molecule has 0 saturated heterocycles. The van der Waals surface area contributed by atoms with Gasteiger partial charge in [-0.1, -0.05) is 29.8 Å². The molecule has 2 N–H and O–H groups in total. The largest absolute Gasteiger partial charge is 0.494 e. The molecule has 4 nitrogen and oxygen atoms in total. The van der Waals surface area contributed by atoms with E-state index in [1.165, 1.54) is 13.2 Å². The molecule has 6 heteroatoms. The number of quaternary nitrogens is 1. The van der Waals surface area contributed by atoms with Crippen LogP contribution in [0.5, 0.6) is 5.75 Å². The molecule has 1 unspecified atom stereocenters. The summed E-state index contributed by atoms with van der Waals surface area (Å²) in [5, 5.41) is 3.48. The quantitative estimate of drug-likeness (QED) is 0.799. The highest BCUT2D eigenvalue weighted by molar-refractivity contribution is 6.31. The number of ether oxygens (including phenoxy) is 1. The minimum absolute atomic E-state index is 0.0820. The van der Waals surface area contributed by atoms with Crippen molar-refractivity contribution in [2.45, 2.75) is 13.1 Å². The van der Waals surface area contributed by atoms with Gasteiger partial charge in [0.2, 0.25) is 0 Å². The average Bonchev–Trinajstić information content (AvgIpc) is 2.54. The first kappa shape index (κ1) is 18.2. The van der Waals surface area contributed by atoms with Crippen molar-refractivity contribution in [3.05, 3.63) is 64.4 Å². The highest BCUT2D eigenvalue weighted by Gasteiger charge is 2.12. The van der Waals surface area contributed by atoms with Gasteiger partial charge in [-0.2, -0.15) is 0 Å². The van der Waals surface area contributed by atoms with Crippen LogP contribution >= 0.6 is 11.6 Å². The Morgan fingerprint density at radius 1 is 1.29 bits per heavy atom. The van der Waals surface area contributed by atoms with Crippen LogP contribution in [0.15, 0.2) is 42.5 Å². The molecule has 2 aromatic rings. The van der Waals surface area contributed by atoms with Crippen molar-refractivity contribution in [2.24, 2.45) is 0 Å². The van der Waals surface area contributed by atoms with Crippen molar-refractivity contribution < 1.29 is 18.8 Å². The van der Waals surface area contributed by atoms with Gasteiger partial charge in [0.25, 0.3) is 5.91 Å². The number of halogens is 2. The lowest BCUT2D eigenvalue weighted by Gasteiger charge is -2.14. The first-order valence-electron chi connectivity index (χ1n) is 7.63. The van der Waals surface area contributed by atoms with E-state index in [9.17, 15) is 9.18 Å². The van der Waals surface area contributed by atoms with E-state index < -0.39 is 5.82 Å². The van der Waals surface area contributed by atoms with Crippen LogP contribution in [0.1, 0.15) is 11.1 Å². The molecule has 1 atom stereocenters. The third-order valence-corrected chi connectivity index (χ3v) is 3.99. The molecule has 2 aromatic carbocycles. The van der Waals surface area contributed by atoms with Gasteiger partial charge in [0.1, 0.15) is 6.54 Å². The maximum Gasteiger partial charge on any atom is 0.275 e. The number of carbonyl (C=O) groups is 1. The van der Waals surface area contributed by atoms with Crippen molar-refractivity contribution in [1.82, 2.24) is 5.32 Å². The fourth-order valence-corrected chi connectivity index (χ4v) is 2.61. The number of nitrogens with one attached hydrogen (secondary N) is 2. The van der Waals surface area contributed by atoms with Gasteiger partial charge in [-0.25, -0.2) is 4.39 Å². The second-order valence-electron chi connectivity index (χ2n) is 5.65. The van der Waals surface area contributed by atoms with Crippen LogP contribution in [0.4, 0.5) is 4.39 Å². The third-order valence-electron chi connectivity index (χ3n) is 3.62. The van der Waals surface area contributed by atoms with E-state index in [1.54, 1.807) is 18.2 Å². The van der Waals surface area contributed by atoms with E-state index in [-0.39, 0.29) is 18.2 Å². The summed E-state index contributed by atoms with van der Waals surface area (Å²) in [5.41, 5.74) is 1.69. The number of carbonyl (C=O) groups excluding carboxylic acids is 1. The first-order valence-corrected chi connectivity index (χ1v) is 8.01. The predicted octanol–water partition coefficient (Wildman–Crippen LogP) is 1.82. The molecule has 0 saturated carbocycles. The number of hydrogen-bond acceptors (Lipinski definition) is 2. The molecular weight excluding hydrogens is 331 g/mol. The van der Waals surface area contributed by atoms with Crippen LogP contribution in [0.25, 0.3) is 0 Å². The Balaban J connectivity index is 1.83. The minimum Gasteiger partial charge on any atom is -0.494 e.